The summed E-state index contributed by atoms with van der Waals surface area (Å²) in [6, 6.07) is 11.8. The fourth-order valence-corrected chi connectivity index (χ4v) is 1.90. The first kappa shape index (κ1) is 13.9. The second-order valence-electron chi connectivity index (χ2n) is 4.47. The van der Waals surface area contributed by atoms with Crippen molar-refractivity contribution >= 4 is 11.6 Å². The van der Waals surface area contributed by atoms with Gasteiger partial charge in [0.2, 0.25) is 5.95 Å². The molecule has 0 bridgehead atoms. The Morgan fingerprint density at radius 3 is 2.45 bits per heavy atom. The van der Waals surface area contributed by atoms with Crippen molar-refractivity contribution < 1.29 is 8.78 Å². The van der Waals surface area contributed by atoms with E-state index >= 15 is 0 Å². The minimum Gasteiger partial charge on any atom is -0.322 e. The maximum absolute atomic E-state index is 13.5. The fraction of sp³-hybridized carbons (Fsp3) is 0. The number of halogens is 2. The average Bonchev–Trinajstić information content (AvgIpc) is 2.51. The third-order valence-electron chi connectivity index (χ3n) is 2.93. The zero-order valence-electron chi connectivity index (χ0n) is 11.2. The monoisotopic (exact) mass is 300 g/mol. The van der Waals surface area contributed by atoms with Crippen molar-refractivity contribution in [1.82, 2.24) is 15.2 Å². The summed E-state index contributed by atoms with van der Waals surface area (Å²) in [5.74, 6) is -1.52. The smallest absolute Gasteiger partial charge is 0.279 e. The maximum atomic E-state index is 13.5. The lowest BCUT2D eigenvalue weighted by atomic mass is 10.2. The van der Waals surface area contributed by atoms with Crippen molar-refractivity contribution in [1.29, 1.82) is 0 Å². The molecule has 1 heterocycles. The van der Waals surface area contributed by atoms with E-state index < -0.39 is 17.2 Å². The van der Waals surface area contributed by atoms with Gasteiger partial charge in [-0.3, -0.25) is 9.78 Å². The highest BCUT2D eigenvalue weighted by Gasteiger charge is 2.09. The molecule has 0 fully saturated rings. The summed E-state index contributed by atoms with van der Waals surface area (Å²) in [6.07, 6.45) is 0. The normalized spacial score (nSPS) is 10.5. The van der Waals surface area contributed by atoms with Crippen molar-refractivity contribution in [3.8, 4) is 11.3 Å². The Balaban J connectivity index is 1.91. The van der Waals surface area contributed by atoms with Crippen molar-refractivity contribution in [2.75, 3.05) is 5.32 Å². The van der Waals surface area contributed by atoms with Crippen LogP contribution >= 0.6 is 0 Å². The molecule has 0 amide bonds. The zero-order valence-corrected chi connectivity index (χ0v) is 11.2. The van der Waals surface area contributed by atoms with E-state index in [0.29, 0.717) is 5.56 Å². The molecule has 3 rings (SSSR count). The molecule has 7 heteroatoms. The lowest BCUT2D eigenvalue weighted by Crippen LogP contribution is -2.15. The van der Waals surface area contributed by atoms with Crippen molar-refractivity contribution in [2.24, 2.45) is 0 Å². The average molecular weight is 300 g/mol. The highest BCUT2D eigenvalue weighted by atomic mass is 19.1. The van der Waals surface area contributed by atoms with Gasteiger partial charge in [0.1, 0.15) is 11.6 Å². The molecular formula is C15H10F2N4O. The van der Waals surface area contributed by atoms with Crippen molar-refractivity contribution in [3.05, 3.63) is 70.5 Å². The molecule has 0 aliphatic carbocycles. The van der Waals surface area contributed by atoms with Gasteiger partial charge in [-0.15, -0.1) is 10.2 Å². The number of benzene rings is 2. The second-order valence-corrected chi connectivity index (χ2v) is 4.47. The van der Waals surface area contributed by atoms with Gasteiger partial charge in [0.15, 0.2) is 5.69 Å². The lowest BCUT2D eigenvalue weighted by Gasteiger charge is -2.06. The predicted octanol–water partition coefficient (Wildman–Crippen LogP) is 2.85. The highest BCUT2D eigenvalue weighted by molar-refractivity contribution is 5.59. The number of rotatable bonds is 3. The third-order valence-corrected chi connectivity index (χ3v) is 2.93. The largest absolute Gasteiger partial charge is 0.322 e. The van der Waals surface area contributed by atoms with Crippen LogP contribution in [0.1, 0.15) is 0 Å². The van der Waals surface area contributed by atoms with E-state index in [0.717, 1.165) is 12.1 Å². The topological polar surface area (TPSA) is 70.7 Å². The summed E-state index contributed by atoms with van der Waals surface area (Å²) in [7, 11) is 0. The Labute approximate surface area is 123 Å². The molecule has 0 saturated carbocycles. The number of hydrogen-bond acceptors (Lipinski definition) is 4. The van der Waals surface area contributed by atoms with Gasteiger partial charge in [-0.2, -0.15) is 0 Å². The highest BCUT2D eigenvalue weighted by Crippen LogP contribution is 2.18. The van der Waals surface area contributed by atoms with Gasteiger partial charge < -0.3 is 5.32 Å². The Kier molecular flexibility index (Phi) is 3.61. The Hall–Kier alpha value is -3.09. The number of hydrogen-bond donors (Lipinski definition) is 2. The molecule has 0 atom stereocenters. The molecule has 0 aliphatic rings. The molecule has 2 N–H and O–H groups in total. The molecule has 0 saturated heterocycles. The number of aromatic amines is 1. The predicted molar refractivity (Wildman–Crippen MR) is 77.7 cm³/mol. The van der Waals surface area contributed by atoms with Crippen LogP contribution < -0.4 is 10.9 Å². The maximum Gasteiger partial charge on any atom is 0.279 e. The third kappa shape index (κ3) is 2.83. The lowest BCUT2D eigenvalue weighted by molar-refractivity contribution is 0.586. The molecule has 22 heavy (non-hydrogen) atoms. The van der Waals surface area contributed by atoms with Gasteiger partial charge in [0, 0.05) is 11.6 Å². The summed E-state index contributed by atoms with van der Waals surface area (Å²) in [5, 5.41) is 10.2. The van der Waals surface area contributed by atoms with Crippen LogP contribution in [0, 0.1) is 11.6 Å². The van der Waals surface area contributed by atoms with E-state index in [1.54, 1.807) is 24.3 Å². The van der Waals surface area contributed by atoms with Gasteiger partial charge in [0.25, 0.3) is 5.56 Å². The molecular weight excluding hydrogens is 290 g/mol. The molecule has 5 nitrogen and oxygen atoms in total. The Morgan fingerprint density at radius 1 is 1.00 bits per heavy atom. The Morgan fingerprint density at radius 2 is 1.77 bits per heavy atom. The van der Waals surface area contributed by atoms with Crippen molar-refractivity contribution in [2.45, 2.75) is 0 Å². The van der Waals surface area contributed by atoms with E-state index in [4.69, 9.17) is 0 Å². The molecule has 110 valence electrons. The van der Waals surface area contributed by atoms with E-state index in [9.17, 15) is 13.6 Å². The first-order chi connectivity index (χ1) is 10.6. The van der Waals surface area contributed by atoms with Crippen LogP contribution in [0.2, 0.25) is 0 Å². The fourth-order valence-electron chi connectivity index (χ4n) is 1.90. The number of nitrogens with one attached hydrogen (secondary N) is 2. The molecule has 3 aromatic rings. The van der Waals surface area contributed by atoms with Gasteiger partial charge in [-0.1, -0.05) is 30.3 Å². The molecule has 1 aromatic heterocycles. The molecule has 0 spiro atoms. The summed E-state index contributed by atoms with van der Waals surface area (Å²) in [4.78, 5) is 14.5. The number of nitrogens with zero attached hydrogens (tertiary/aromatic N) is 2. The zero-order chi connectivity index (χ0) is 15.5. The Bertz CT molecular complexity index is 865. The molecule has 2 aromatic carbocycles. The van der Waals surface area contributed by atoms with Gasteiger partial charge in [0.05, 0.1) is 5.69 Å². The van der Waals surface area contributed by atoms with Crippen LogP contribution in [0.25, 0.3) is 11.3 Å². The van der Waals surface area contributed by atoms with Crippen LogP contribution in [0.5, 0.6) is 0 Å². The minimum absolute atomic E-state index is 0.0150. The van der Waals surface area contributed by atoms with Gasteiger partial charge in [-0.25, -0.2) is 8.78 Å². The second kappa shape index (κ2) is 5.72. The van der Waals surface area contributed by atoms with Crippen LogP contribution in [0.4, 0.5) is 20.4 Å². The summed E-state index contributed by atoms with van der Waals surface area (Å²) < 4.78 is 26.4. The van der Waals surface area contributed by atoms with Gasteiger partial charge in [-0.05, 0) is 12.1 Å². The van der Waals surface area contributed by atoms with Crippen LogP contribution in [-0.2, 0) is 0 Å². The van der Waals surface area contributed by atoms with Crippen LogP contribution in [-0.4, -0.2) is 15.2 Å². The van der Waals surface area contributed by atoms with Crippen molar-refractivity contribution in [3.63, 3.8) is 0 Å². The summed E-state index contributed by atoms with van der Waals surface area (Å²) >= 11 is 0. The molecule has 0 radical (unpaired) electrons. The number of aromatic nitrogens is 3. The van der Waals surface area contributed by atoms with E-state index in [2.05, 4.69) is 20.5 Å². The van der Waals surface area contributed by atoms with E-state index in [-0.39, 0.29) is 17.3 Å². The summed E-state index contributed by atoms with van der Waals surface area (Å²) in [5.41, 5.74) is 0.298. The number of H-pyrrole nitrogens is 1. The minimum atomic E-state index is -0.796. The SMILES string of the molecule is O=c1[nH]c(Nc2ccc(F)cc2F)nnc1-c1ccccc1. The summed E-state index contributed by atoms with van der Waals surface area (Å²) in [6.45, 7) is 0. The van der Waals surface area contributed by atoms with E-state index in [1.165, 1.54) is 6.07 Å². The van der Waals surface area contributed by atoms with Crippen LogP contribution in [0.15, 0.2) is 53.3 Å². The van der Waals surface area contributed by atoms with Crippen LogP contribution in [0.3, 0.4) is 0 Å². The van der Waals surface area contributed by atoms with Gasteiger partial charge >= 0.3 is 0 Å². The quantitative estimate of drug-likeness (QED) is 0.780. The standard InChI is InChI=1S/C15H10F2N4O/c16-10-6-7-12(11(17)8-10)18-15-19-14(22)13(20-21-15)9-4-2-1-3-5-9/h1-8H,(H2,18,19,21,22). The number of anilines is 2. The van der Waals surface area contributed by atoms with E-state index in [1.807, 2.05) is 6.07 Å². The first-order valence-electron chi connectivity index (χ1n) is 6.38. The molecule has 0 unspecified atom stereocenters. The first-order valence-corrected chi connectivity index (χ1v) is 6.38. The molecule has 0 aliphatic heterocycles.